The van der Waals surface area contributed by atoms with E-state index in [0.29, 0.717) is 18.4 Å². The summed E-state index contributed by atoms with van der Waals surface area (Å²) in [7, 11) is 4.27. The third kappa shape index (κ3) is 3.75. The molecule has 6 nitrogen and oxygen atoms in total. The molecule has 0 N–H and O–H groups in total. The van der Waals surface area contributed by atoms with Gasteiger partial charge in [0.2, 0.25) is 5.89 Å². The molecule has 1 aromatic heterocycles. The molecule has 0 aliphatic carbocycles. The fourth-order valence-corrected chi connectivity index (χ4v) is 2.30. The van der Waals surface area contributed by atoms with Crippen LogP contribution in [0.25, 0.3) is 0 Å². The summed E-state index contributed by atoms with van der Waals surface area (Å²) < 4.78 is 5.20. The largest absolute Gasteiger partial charge is 0.339 e. The molecule has 1 saturated heterocycles. The minimum Gasteiger partial charge on any atom is -0.339 e. The number of rotatable bonds is 4. The van der Waals surface area contributed by atoms with Crippen LogP contribution in [0.3, 0.4) is 0 Å². The molecule has 0 saturated carbocycles. The smallest absolute Gasteiger partial charge is 0.227 e. The Morgan fingerprint density at radius 3 is 3.00 bits per heavy atom. The molecular weight excluding hydrogens is 242 g/mol. The number of nitrogens with zero attached hydrogens (tertiary/aromatic N) is 5. The van der Waals surface area contributed by atoms with E-state index in [1.165, 1.54) is 0 Å². The number of nitriles is 1. The van der Waals surface area contributed by atoms with Gasteiger partial charge >= 0.3 is 0 Å². The van der Waals surface area contributed by atoms with Gasteiger partial charge in [0, 0.05) is 38.5 Å². The summed E-state index contributed by atoms with van der Waals surface area (Å²) in [6.07, 6.45) is 1.33. The highest BCUT2D eigenvalue weighted by Gasteiger charge is 2.24. The van der Waals surface area contributed by atoms with Gasteiger partial charge in [0.1, 0.15) is 0 Å². The average molecular weight is 263 g/mol. The van der Waals surface area contributed by atoms with E-state index in [9.17, 15) is 0 Å². The highest BCUT2D eigenvalue weighted by molar-refractivity contribution is 4.95. The molecule has 1 aromatic rings. The maximum atomic E-state index is 8.78. The molecule has 0 amide bonds. The van der Waals surface area contributed by atoms with E-state index >= 15 is 0 Å². The van der Waals surface area contributed by atoms with Crippen molar-refractivity contribution in [2.24, 2.45) is 5.92 Å². The van der Waals surface area contributed by atoms with Crippen molar-refractivity contribution in [1.29, 1.82) is 5.26 Å². The molecule has 104 valence electrons. The molecule has 1 aliphatic rings. The SMILES string of the molecule is CC(C#N)Cc1nc(CC2CN(C)CCN2C)no1. The van der Waals surface area contributed by atoms with Crippen molar-refractivity contribution in [3.63, 3.8) is 0 Å². The zero-order valence-electron chi connectivity index (χ0n) is 11.8. The van der Waals surface area contributed by atoms with Crippen molar-refractivity contribution < 1.29 is 4.52 Å². The maximum absolute atomic E-state index is 8.78. The number of aromatic nitrogens is 2. The topological polar surface area (TPSA) is 69.2 Å². The number of piperazine rings is 1. The second kappa shape index (κ2) is 6.13. The zero-order valence-corrected chi connectivity index (χ0v) is 11.8. The standard InChI is InChI=1S/C13H21N5O/c1-10(8-14)6-13-15-12(16-19-13)7-11-9-17(2)4-5-18(11)3/h10-11H,4-7,9H2,1-3H3. The summed E-state index contributed by atoms with van der Waals surface area (Å²) in [6, 6.07) is 2.60. The lowest BCUT2D eigenvalue weighted by atomic mass is 10.1. The first-order valence-corrected chi connectivity index (χ1v) is 6.68. The lowest BCUT2D eigenvalue weighted by Gasteiger charge is -2.37. The van der Waals surface area contributed by atoms with Crippen LogP contribution in [0.15, 0.2) is 4.52 Å². The molecule has 0 aromatic carbocycles. The first-order valence-electron chi connectivity index (χ1n) is 6.68. The summed E-state index contributed by atoms with van der Waals surface area (Å²) >= 11 is 0. The predicted octanol–water partition coefficient (Wildman–Crippen LogP) is 0.560. The van der Waals surface area contributed by atoms with Crippen LogP contribution < -0.4 is 0 Å². The Balaban J connectivity index is 1.94. The maximum Gasteiger partial charge on any atom is 0.227 e. The Morgan fingerprint density at radius 2 is 2.26 bits per heavy atom. The van der Waals surface area contributed by atoms with Crippen LogP contribution in [-0.4, -0.2) is 59.7 Å². The van der Waals surface area contributed by atoms with Crippen molar-refractivity contribution in [2.45, 2.75) is 25.8 Å². The van der Waals surface area contributed by atoms with E-state index in [4.69, 9.17) is 9.78 Å². The fraction of sp³-hybridized carbons (Fsp3) is 0.769. The van der Waals surface area contributed by atoms with Crippen LogP contribution in [0.5, 0.6) is 0 Å². The lowest BCUT2D eigenvalue weighted by Crippen LogP contribution is -2.50. The van der Waals surface area contributed by atoms with Gasteiger partial charge < -0.3 is 14.3 Å². The highest BCUT2D eigenvalue weighted by atomic mass is 16.5. The van der Waals surface area contributed by atoms with E-state index in [0.717, 1.165) is 31.9 Å². The molecule has 2 rings (SSSR count). The monoisotopic (exact) mass is 263 g/mol. The quantitative estimate of drug-likeness (QED) is 0.790. The van der Waals surface area contributed by atoms with Crippen molar-refractivity contribution >= 4 is 0 Å². The van der Waals surface area contributed by atoms with Crippen molar-refractivity contribution in [3.8, 4) is 6.07 Å². The molecule has 19 heavy (non-hydrogen) atoms. The number of likely N-dealkylation sites (N-methyl/N-ethyl adjacent to an activating group) is 2. The van der Waals surface area contributed by atoms with Crippen LogP contribution in [0, 0.1) is 17.2 Å². The second-order valence-electron chi connectivity index (χ2n) is 5.44. The summed E-state index contributed by atoms with van der Waals surface area (Å²) in [4.78, 5) is 9.04. The Morgan fingerprint density at radius 1 is 1.47 bits per heavy atom. The Hall–Kier alpha value is -1.45. The number of hydrogen-bond donors (Lipinski definition) is 0. The van der Waals surface area contributed by atoms with E-state index in [2.05, 4.69) is 40.1 Å². The molecular formula is C13H21N5O. The molecule has 2 atom stereocenters. The molecule has 1 fully saturated rings. The van der Waals surface area contributed by atoms with Crippen LogP contribution in [-0.2, 0) is 12.8 Å². The third-order valence-corrected chi connectivity index (χ3v) is 3.61. The van der Waals surface area contributed by atoms with Crippen molar-refractivity contribution in [2.75, 3.05) is 33.7 Å². The van der Waals surface area contributed by atoms with Gasteiger partial charge in [-0.15, -0.1) is 0 Å². The first kappa shape index (κ1) is 14.0. The van der Waals surface area contributed by atoms with Crippen LogP contribution in [0.1, 0.15) is 18.6 Å². The Kier molecular flexibility index (Phi) is 4.51. The Labute approximate surface area is 114 Å². The van der Waals surface area contributed by atoms with Crippen LogP contribution in [0.4, 0.5) is 0 Å². The molecule has 6 heteroatoms. The zero-order chi connectivity index (χ0) is 13.8. The van der Waals surface area contributed by atoms with Gasteiger partial charge in [-0.1, -0.05) is 5.16 Å². The summed E-state index contributed by atoms with van der Waals surface area (Å²) in [5.74, 6) is 1.22. The van der Waals surface area contributed by atoms with Gasteiger partial charge in [0.05, 0.1) is 12.0 Å². The van der Waals surface area contributed by atoms with Crippen molar-refractivity contribution in [1.82, 2.24) is 19.9 Å². The molecule has 2 unspecified atom stereocenters. The Bertz CT molecular complexity index is 452. The van der Waals surface area contributed by atoms with E-state index in [1.807, 2.05) is 6.92 Å². The average Bonchev–Trinajstić information content (AvgIpc) is 2.81. The highest BCUT2D eigenvalue weighted by Crippen LogP contribution is 2.12. The lowest BCUT2D eigenvalue weighted by molar-refractivity contribution is 0.113. The van der Waals surface area contributed by atoms with E-state index < -0.39 is 0 Å². The van der Waals surface area contributed by atoms with Crippen molar-refractivity contribution in [3.05, 3.63) is 11.7 Å². The van der Waals surface area contributed by atoms with Gasteiger partial charge in [0.25, 0.3) is 0 Å². The van der Waals surface area contributed by atoms with Crippen LogP contribution >= 0.6 is 0 Å². The molecule has 2 heterocycles. The first-order chi connectivity index (χ1) is 9.08. The molecule has 1 aliphatic heterocycles. The van der Waals surface area contributed by atoms with Gasteiger partial charge in [-0.2, -0.15) is 10.2 Å². The van der Waals surface area contributed by atoms with Gasteiger partial charge in [-0.3, -0.25) is 0 Å². The van der Waals surface area contributed by atoms with Gasteiger partial charge in [0.15, 0.2) is 5.82 Å². The molecule has 0 radical (unpaired) electrons. The minimum atomic E-state index is -0.0863. The second-order valence-corrected chi connectivity index (χ2v) is 5.44. The fourth-order valence-electron chi connectivity index (χ4n) is 2.30. The van der Waals surface area contributed by atoms with Crippen LogP contribution in [0.2, 0.25) is 0 Å². The summed E-state index contributed by atoms with van der Waals surface area (Å²) in [6.45, 7) is 5.05. The summed E-state index contributed by atoms with van der Waals surface area (Å²) in [5.41, 5.74) is 0. The number of hydrogen-bond acceptors (Lipinski definition) is 6. The third-order valence-electron chi connectivity index (χ3n) is 3.61. The minimum absolute atomic E-state index is 0.0863. The molecule has 0 bridgehead atoms. The van der Waals surface area contributed by atoms with Gasteiger partial charge in [-0.05, 0) is 21.0 Å². The van der Waals surface area contributed by atoms with E-state index in [-0.39, 0.29) is 5.92 Å². The predicted molar refractivity (Wildman–Crippen MR) is 70.4 cm³/mol. The van der Waals surface area contributed by atoms with Gasteiger partial charge in [-0.25, -0.2) is 0 Å². The molecule has 0 spiro atoms. The van der Waals surface area contributed by atoms with E-state index in [1.54, 1.807) is 0 Å². The normalized spacial score (nSPS) is 23.2. The summed E-state index contributed by atoms with van der Waals surface area (Å²) in [5, 5.41) is 12.8.